The van der Waals surface area contributed by atoms with Crippen molar-refractivity contribution in [2.45, 2.75) is 105 Å². The fourth-order valence-electron chi connectivity index (χ4n) is 4.34. The highest BCUT2D eigenvalue weighted by Crippen LogP contribution is 2.42. The Morgan fingerprint density at radius 2 is 1.29 bits per heavy atom. The normalized spacial score (nSPS) is 31.0. The van der Waals surface area contributed by atoms with Gasteiger partial charge in [0.2, 0.25) is 0 Å². The predicted octanol–water partition coefficient (Wildman–Crippen LogP) is 7.20. The molecule has 140 valence electrons. The molecule has 2 nitrogen and oxygen atoms in total. The highest BCUT2D eigenvalue weighted by Gasteiger charge is 2.31. The van der Waals surface area contributed by atoms with Crippen LogP contribution in [0.4, 0.5) is 0 Å². The van der Waals surface area contributed by atoms with Crippen LogP contribution in [-0.2, 0) is 0 Å². The molecule has 1 N–H and O–H groups in total. The van der Waals surface area contributed by atoms with E-state index in [4.69, 9.17) is 5.41 Å². The molecule has 2 rings (SSSR count). The Kier molecular flexibility index (Phi) is 9.27. The molecular formula is C22H42N2. The Morgan fingerprint density at radius 3 is 1.67 bits per heavy atom. The van der Waals surface area contributed by atoms with Crippen molar-refractivity contribution in [3.63, 3.8) is 0 Å². The number of nitrogens with one attached hydrogen (secondary N) is 1. The van der Waals surface area contributed by atoms with Crippen LogP contribution in [-0.4, -0.2) is 12.1 Å². The molecule has 0 saturated heterocycles. The van der Waals surface area contributed by atoms with Gasteiger partial charge >= 0.3 is 0 Å². The zero-order valence-electron chi connectivity index (χ0n) is 17.2. The van der Waals surface area contributed by atoms with Gasteiger partial charge in [-0.1, -0.05) is 54.4 Å². The van der Waals surface area contributed by atoms with E-state index in [0.717, 1.165) is 23.7 Å². The Hall–Kier alpha value is -0.620. The van der Waals surface area contributed by atoms with E-state index in [1.807, 2.05) is 0 Å². The van der Waals surface area contributed by atoms with Gasteiger partial charge in [0.1, 0.15) is 0 Å². The lowest BCUT2D eigenvalue weighted by Crippen LogP contribution is -2.27. The maximum Gasteiger partial charge on any atom is 0.0864 e. The first-order chi connectivity index (χ1) is 11.2. The van der Waals surface area contributed by atoms with Crippen molar-refractivity contribution in [3.05, 3.63) is 0 Å². The zero-order valence-corrected chi connectivity index (χ0v) is 17.2. The van der Waals surface area contributed by atoms with Crippen molar-refractivity contribution in [1.29, 1.82) is 5.41 Å². The maximum absolute atomic E-state index is 6.95. The summed E-state index contributed by atoms with van der Waals surface area (Å²) in [6, 6.07) is 2.63. The number of nitrogens with zero attached hydrogens (tertiary/aromatic N) is 1. The van der Waals surface area contributed by atoms with Crippen molar-refractivity contribution in [1.82, 2.24) is 0 Å². The highest BCUT2D eigenvalue weighted by atomic mass is 14.8. The van der Waals surface area contributed by atoms with E-state index < -0.39 is 0 Å². The summed E-state index contributed by atoms with van der Waals surface area (Å²) in [5, 5.41) is 6.95. The molecule has 0 radical (unpaired) electrons. The Balaban J connectivity index is 0.000000648. The van der Waals surface area contributed by atoms with Crippen LogP contribution in [0, 0.1) is 34.5 Å². The molecule has 2 saturated carbocycles. The molecule has 0 spiro atoms. The van der Waals surface area contributed by atoms with Crippen molar-refractivity contribution in [3.8, 4) is 0 Å². The lowest BCUT2D eigenvalue weighted by molar-refractivity contribution is 0.132. The van der Waals surface area contributed by atoms with Gasteiger partial charge < -0.3 is 0 Å². The first-order valence-corrected chi connectivity index (χ1v) is 10.3. The van der Waals surface area contributed by atoms with Crippen LogP contribution in [0.5, 0.6) is 0 Å². The largest absolute Gasteiger partial charge is 0.242 e. The van der Waals surface area contributed by atoms with Crippen LogP contribution >= 0.6 is 0 Å². The monoisotopic (exact) mass is 334 g/mol. The summed E-state index contributed by atoms with van der Waals surface area (Å²) in [6.45, 7) is 13.7. The van der Waals surface area contributed by atoms with Crippen molar-refractivity contribution in [2.75, 3.05) is 0 Å². The number of hydrogen-bond donors (Lipinski definition) is 1. The van der Waals surface area contributed by atoms with Crippen molar-refractivity contribution >= 4 is 6.01 Å². The van der Waals surface area contributed by atoms with E-state index in [-0.39, 0.29) is 0 Å². The average Bonchev–Trinajstić information content (AvgIpc) is 2.49. The second-order valence-corrected chi connectivity index (χ2v) is 9.97. The average molecular weight is 335 g/mol. The van der Waals surface area contributed by atoms with E-state index in [1.54, 1.807) is 0 Å². The fraction of sp³-hybridized carbons (Fsp3) is 0.955. The molecule has 0 heterocycles. The van der Waals surface area contributed by atoms with Crippen LogP contribution < -0.4 is 0 Å². The van der Waals surface area contributed by atoms with E-state index in [9.17, 15) is 0 Å². The molecule has 0 atom stereocenters. The molecule has 0 aliphatic heterocycles. The number of aliphatic imine (C=N–C) groups is 1. The van der Waals surface area contributed by atoms with Crippen LogP contribution in [0.25, 0.3) is 0 Å². The Labute approximate surface area is 151 Å². The van der Waals surface area contributed by atoms with Crippen LogP contribution in [0.15, 0.2) is 4.99 Å². The molecule has 0 aromatic rings. The van der Waals surface area contributed by atoms with Crippen LogP contribution in [0.1, 0.15) is 99.3 Å². The van der Waals surface area contributed by atoms with Gasteiger partial charge in [-0.2, -0.15) is 0 Å². The summed E-state index contributed by atoms with van der Waals surface area (Å²) in [7, 11) is 0. The SMILES string of the molecule is CC(C)(C)C1CCC(CC2CCC(N=C=N)CC2)CC1.CC(C)C. The van der Waals surface area contributed by atoms with Crippen molar-refractivity contribution in [2.24, 2.45) is 34.1 Å². The summed E-state index contributed by atoms with van der Waals surface area (Å²) in [5.41, 5.74) is 0.508. The zero-order chi connectivity index (χ0) is 18.2. The van der Waals surface area contributed by atoms with E-state index >= 15 is 0 Å². The third-order valence-corrected chi connectivity index (χ3v) is 5.80. The Bertz CT molecular complexity index is 369. The van der Waals surface area contributed by atoms with Crippen LogP contribution in [0.2, 0.25) is 0 Å². The first kappa shape index (κ1) is 21.4. The smallest absolute Gasteiger partial charge is 0.0864 e. The van der Waals surface area contributed by atoms with Gasteiger partial charge in [-0.15, -0.1) is 0 Å². The molecule has 2 aliphatic carbocycles. The molecule has 0 aromatic carbocycles. The molecule has 2 fully saturated rings. The molecule has 0 unspecified atom stereocenters. The second kappa shape index (κ2) is 10.4. The van der Waals surface area contributed by atoms with Gasteiger partial charge in [0, 0.05) is 0 Å². The predicted molar refractivity (Wildman–Crippen MR) is 106 cm³/mol. The topological polar surface area (TPSA) is 36.2 Å². The lowest BCUT2D eigenvalue weighted by atomic mass is 9.68. The van der Waals surface area contributed by atoms with Gasteiger partial charge in [-0.25, -0.2) is 10.4 Å². The second-order valence-electron chi connectivity index (χ2n) is 9.97. The minimum absolute atomic E-state index is 0.403. The molecule has 24 heavy (non-hydrogen) atoms. The van der Waals surface area contributed by atoms with Gasteiger partial charge in [0.25, 0.3) is 0 Å². The maximum atomic E-state index is 6.95. The standard InChI is InChI=1S/C18H32N2.C4H10/c1-18(2,3)16-8-4-14(5-9-16)12-15-6-10-17(11-7-15)20-13-19;1-4(2)3/h14-17,19H,4-12H2,1-3H3;4H,1-3H3. The minimum Gasteiger partial charge on any atom is -0.242 e. The molecule has 2 aliphatic rings. The summed E-state index contributed by atoms with van der Waals surface area (Å²) in [4.78, 5) is 4.12. The lowest BCUT2D eigenvalue weighted by Gasteiger charge is -2.38. The van der Waals surface area contributed by atoms with Gasteiger partial charge in [-0.05, 0) is 74.0 Å². The van der Waals surface area contributed by atoms with Gasteiger partial charge in [0.05, 0.1) is 12.1 Å². The summed E-state index contributed by atoms with van der Waals surface area (Å²) < 4.78 is 0. The third-order valence-electron chi connectivity index (χ3n) is 5.80. The molecule has 0 amide bonds. The molecule has 0 aromatic heterocycles. The minimum atomic E-state index is 0.403. The molecule has 0 bridgehead atoms. The number of hydrogen-bond acceptors (Lipinski definition) is 2. The van der Waals surface area contributed by atoms with Crippen molar-refractivity contribution < 1.29 is 0 Å². The summed E-state index contributed by atoms with van der Waals surface area (Å²) in [6.07, 6.45) is 12.3. The van der Waals surface area contributed by atoms with E-state index in [0.29, 0.717) is 11.5 Å². The van der Waals surface area contributed by atoms with Gasteiger partial charge in [0.15, 0.2) is 0 Å². The van der Waals surface area contributed by atoms with Crippen LogP contribution in [0.3, 0.4) is 0 Å². The quantitative estimate of drug-likeness (QED) is 0.530. The van der Waals surface area contributed by atoms with E-state index in [1.165, 1.54) is 57.8 Å². The fourth-order valence-corrected chi connectivity index (χ4v) is 4.34. The first-order valence-electron chi connectivity index (χ1n) is 10.3. The van der Waals surface area contributed by atoms with E-state index in [2.05, 4.69) is 52.5 Å². The number of rotatable bonds is 3. The molecular weight excluding hydrogens is 292 g/mol. The third kappa shape index (κ3) is 8.47. The van der Waals surface area contributed by atoms with Gasteiger partial charge in [-0.3, -0.25) is 0 Å². The summed E-state index contributed by atoms with van der Waals surface area (Å²) >= 11 is 0. The Morgan fingerprint density at radius 1 is 0.875 bits per heavy atom. The molecule has 2 heteroatoms. The summed E-state index contributed by atoms with van der Waals surface area (Å²) in [5.74, 6) is 3.70. The highest BCUT2D eigenvalue weighted by molar-refractivity contribution is 5.36.